The molecule has 0 atom stereocenters. The number of hydrogen-bond acceptors (Lipinski definition) is 5. The molecule has 8 nitrogen and oxygen atoms in total. The van der Waals surface area contributed by atoms with Crippen LogP contribution in [0, 0.1) is 0 Å². The highest BCUT2D eigenvalue weighted by Crippen LogP contribution is 2.38. The van der Waals surface area contributed by atoms with Crippen LogP contribution in [0.5, 0.6) is 17.2 Å². The van der Waals surface area contributed by atoms with E-state index in [9.17, 15) is 4.79 Å². The van der Waals surface area contributed by atoms with E-state index in [1.807, 2.05) is 43.3 Å². The van der Waals surface area contributed by atoms with Gasteiger partial charge in [0.25, 0.3) is 5.91 Å². The standard InChI is InChI=1S/C23H32N4O4/c1-6-10-25-22(28)18-9-7-8-16(11-18)14-26-23(24-2)27-15-17-12-19(29-3)21(31-5)20(13-17)30-4/h7-9,11-13H,6,10,14-15H2,1-5H3,(H,25,28)(H2,24,26,27). The highest BCUT2D eigenvalue weighted by molar-refractivity contribution is 5.94. The van der Waals surface area contributed by atoms with Gasteiger partial charge in [-0.15, -0.1) is 0 Å². The monoisotopic (exact) mass is 428 g/mol. The quantitative estimate of drug-likeness (QED) is 0.398. The van der Waals surface area contributed by atoms with Crippen LogP contribution in [0.15, 0.2) is 41.4 Å². The Kier molecular flexibility index (Phi) is 9.48. The zero-order valence-electron chi connectivity index (χ0n) is 18.9. The number of carbonyl (C=O) groups excluding carboxylic acids is 1. The molecule has 0 spiro atoms. The molecule has 0 aliphatic carbocycles. The van der Waals surface area contributed by atoms with E-state index >= 15 is 0 Å². The van der Waals surface area contributed by atoms with Gasteiger partial charge in [0.15, 0.2) is 17.5 Å². The molecule has 2 aromatic rings. The number of aliphatic imine (C=N–C) groups is 1. The number of methoxy groups -OCH3 is 3. The third-order valence-electron chi connectivity index (χ3n) is 4.59. The first-order valence-electron chi connectivity index (χ1n) is 10.2. The summed E-state index contributed by atoms with van der Waals surface area (Å²) in [6.07, 6.45) is 0.904. The molecule has 2 aromatic carbocycles. The molecule has 0 aromatic heterocycles. The summed E-state index contributed by atoms with van der Waals surface area (Å²) in [5.74, 6) is 2.32. The van der Waals surface area contributed by atoms with Crippen molar-refractivity contribution < 1.29 is 19.0 Å². The summed E-state index contributed by atoms with van der Waals surface area (Å²) >= 11 is 0. The van der Waals surface area contributed by atoms with Gasteiger partial charge in [0.05, 0.1) is 21.3 Å². The number of rotatable bonds is 10. The molecule has 3 N–H and O–H groups in total. The van der Waals surface area contributed by atoms with Crippen molar-refractivity contribution in [3.8, 4) is 17.2 Å². The van der Waals surface area contributed by atoms with Crippen LogP contribution < -0.4 is 30.2 Å². The summed E-state index contributed by atoms with van der Waals surface area (Å²) < 4.78 is 16.2. The fourth-order valence-corrected chi connectivity index (χ4v) is 2.99. The van der Waals surface area contributed by atoms with Crippen molar-refractivity contribution in [3.05, 3.63) is 53.1 Å². The number of carbonyl (C=O) groups is 1. The second-order valence-corrected chi connectivity index (χ2v) is 6.77. The van der Waals surface area contributed by atoms with Crippen LogP contribution >= 0.6 is 0 Å². The largest absolute Gasteiger partial charge is 0.493 e. The molecule has 2 rings (SSSR count). The minimum atomic E-state index is -0.0615. The van der Waals surface area contributed by atoms with E-state index in [0.717, 1.165) is 17.5 Å². The van der Waals surface area contributed by atoms with E-state index in [4.69, 9.17) is 14.2 Å². The minimum absolute atomic E-state index is 0.0615. The maximum Gasteiger partial charge on any atom is 0.251 e. The van der Waals surface area contributed by atoms with E-state index in [-0.39, 0.29) is 5.91 Å². The lowest BCUT2D eigenvalue weighted by Gasteiger charge is -2.16. The first-order chi connectivity index (χ1) is 15.1. The average Bonchev–Trinajstić information content (AvgIpc) is 2.81. The number of guanidine groups is 1. The van der Waals surface area contributed by atoms with Crippen molar-refractivity contribution >= 4 is 11.9 Å². The summed E-state index contributed by atoms with van der Waals surface area (Å²) in [5.41, 5.74) is 2.58. The number of benzene rings is 2. The first kappa shape index (κ1) is 23.9. The second kappa shape index (κ2) is 12.3. The maximum absolute atomic E-state index is 12.2. The predicted octanol–water partition coefficient (Wildman–Crippen LogP) is 2.72. The van der Waals surface area contributed by atoms with Crippen LogP contribution in [0.4, 0.5) is 0 Å². The Labute approximate surface area is 184 Å². The van der Waals surface area contributed by atoms with E-state index in [2.05, 4.69) is 20.9 Å². The molecule has 0 aliphatic heterocycles. The Bertz CT molecular complexity index is 874. The average molecular weight is 429 g/mol. The number of hydrogen-bond donors (Lipinski definition) is 3. The molecule has 0 fully saturated rings. The second-order valence-electron chi connectivity index (χ2n) is 6.77. The zero-order chi connectivity index (χ0) is 22.6. The summed E-state index contributed by atoms with van der Waals surface area (Å²) in [6.45, 7) is 3.73. The van der Waals surface area contributed by atoms with Gasteiger partial charge in [-0.05, 0) is 41.8 Å². The fourth-order valence-electron chi connectivity index (χ4n) is 2.99. The summed E-state index contributed by atoms with van der Waals surface area (Å²) in [6, 6.07) is 11.3. The lowest BCUT2D eigenvalue weighted by molar-refractivity contribution is 0.0953. The van der Waals surface area contributed by atoms with Crippen molar-refractivity contribution in [3.63, 3.8) is 0 Å². The predicted molar refractivity (Wildman–Crippen MR) is 122 cm³/mol. The molecular formula is C23H32N4O4. The molecule has 0 heterocycles. The number of nitrogens with zero attached hydrogens (tertiary/aromatic N) is 1. The van der Waals surface area contributed by atoms with Crippen LogP contribution in [0.25, 0.3) is 0 Å². The molecular weight excluding hydrogens is 396 g/mol. The lowest BCUT2D eigenvalue weighted by Crippen LogP contribution is -2.36. The Hall–Kier alpha value is -3.42. The van der Waals surface area contributed by atoms with Crippen molar-refractivity contribution in [1.82, 2.24) is 16.0 Å². The van der Waals surface area contributed by atoms with E-state index in [1.54, 1.807) is 28.4 Å². The van der Waals surface area contributed by atoms with Crippen molar-refractivity contribution in [2.75, 3.05) is 34.9 Å². The lowest BCUT2D eigenvalue weighted by atomic mass is 10.1. The Morgan fingerprint density at radius 2 is 1.55 bits per heavy atom. The first-order valence-corrected chi connectivity index (χ1v) is 10.2. The Morgan fingerprint density at radius 1 is 0.903 bits per heavy atom. The van der Waals surface area contributed by atoms with Gasteiger partial charge in [-0.2, -0.15) is 0 Å². The van der Waals surface area contributed by atoms with E-state index in [0.29, 0.717) is 48.4 Å². The molecule has 0 saturated carbocycles. The molecule has 0 unspecified atom stereocenters. The van der Waals surface area contributed by atoms with Crippen molar-refractivity contribution in [1.29, 1.82) is 0 Å². The Balaban J connectivity index is 1.99. The van der Waals surface area contributed by atoms with Gasteiger partial charge in [0.1, 0.15) is 0 Å². The SMILES string of the molecule is CCCNC(=O)c1cccc(CNC(=NC)NCc2cc(OC)c(OC)c(OC)c2)c1. The number of amides is 1. The van der Waals surface area contributed by atoms with Gasteiger partial charge in [0.2, 0.25) is 5.75 Å². The third-order valence-corrected chi connectivity index (χ3v) is 4.59. The third kappa shape index (κ3) is 6.80. The van der Waals surface area contributed by atoms with Crippen molar-refractivity contribution in [2.45, 2.75) is 26.4 Å². The molecule has 0 bridgehead atoms. The van der Waals surface area contributed by atoms with Crippen LogP contribution in [0.1, 0.15) is 34.8 Å². The van der Waals surface area contributed by atoms with Crippen LogP contribution in [-0.4, -0.2) is 46.8 Å². The molecule has 8 heteroatoms. The van der Waals surface area contributed by atoms with Gasteiger partial charge >= 0.3 is 0 Å². The number of nitrogens with one attached hydrogen (secondary N) is 3. The van der Waals surface area contributed by atoms with Gasteiger partial charge in [-0.3, -0.25) is 9.79 Å². The maximum atomic E-state index is 12.2. The Morgan fingerprint density at radius 3 is 2.10 bits per heavy atom. The molecule has 0 radical (unpaired) electrons. The zero-order valence-corrected chi connectivity index (χ0v) is 18.9. The van der Waals surface area contributed by atoms with Crippen LogP contribution in [0.2, 0.25) is 0 Å². The van der Waals surface area contributed by atoms with E-state index in [1.165, 1.54) is 0 Å². The van der Waals surface area contributed by atoms with Gasteiger partial charge in [-0.1, -0.05) is 19.1 Å². The molecule has 31 heavy (non-hydrogen) atoms. The topological polar surface area (TPSA) is 93.2 Å². The van der Waals surface area contributed by atoms with Gasteiger partial charge in [0, 0.05) is 32.2 Å². The smallest absolute Gasteiger partial charge is 0.251 e. The van der Waals surface area contributed by atoms with Crippen LogP contribution in [0.3, 0.4) is 0 Å². The minimum Gasteiger partial charge on any atom is -0.493 e. The fraction of sp³-hybridized carbons (Fsp3) is 0.391. The molecule has 1 amide bonds. The van der Waals surface area contributed by atoms with Gasteiger partial charge < -0.3 is 30.2 Å². The van der Waals surface area contributed by atoms with E-state index < -0.39 is 0 Å². The molecule has 0 aliphatic rings. The van der Waals surface area contributed by atoms with Crippen LogP contribution in [-0.2, 0) is 13.1 Å². The normalized spacial score (nSPS) is 10.9. The molecule has 168 valence electrons. The highest BCUT2D eigenvalue weighted by Gasteiger charge is 2.13. The van der Waals surface area contributed by atoms with Gasteiger partial charge in [-0.25, -0.2) is 0 Å². The summed E-state index contributed by atoms with van der Waals surface area (Å²) in [4.78, 5) is 16.4. The molecule has 0 saturated heterocycles. The summed E-state index contributed by atoms with van der Waals surface area (Å²) in [5, 5.41) is 9.43. The summed E-state index contributed by atoms with van der Waals surface area (Å²) in [7, 11) is 6.46. The highest BCUT2D eigenvalue weighted by atomic mass is 16.5. The number of ether oxygens (including phenoxy) is 3. The van der Waals surface area contributed by atoms with Crippen molar-refractivity contribution in [2.24, 2.45) is 4.99 Å².